The van der Waals surface area contributed by atoms with Gasteiger partial charge in [0.2, 0.25) is 0 Å². The summed E-state index contributed by atoms with van der Waals surface area (Å²) in [6.07, 6.45) is 1.57. The summed E-state index contributed by atoms with van der Waals surface area (Å²) in [6.45, 7) is 11.5. The van der Waals surface area contributed by atoms with Crippen molar-refractivity contribution >= 4 is 17.5 Å². The molecule has 4 fully saturated rings. The summed E-state index contributed by atoms with van der Waals surface area (Å²) >= 11 is 0. The Balaban J connectivity index is 1.88. The van der Waals surface area contributed by atoms with Crippen molar-refractivity contribution in [3.05, 3.63) is 12.2 Å². The lowest BCUT2D eigenvalue weighted by Gasteiger charge is -2.64. The smallest absolute Gasteiger partial charge is 0.302 e. The lowest BCUT2D eigenvalue weighted by Crippen LogP contribution is -2.68. The molecule has 0 aliphatic heterocycles. The second-order valence-corrected chi connectivity index (χ2v) is 10.0. The lowest BCUT2D eigenvalue weighted by molar-refractivity contribution is -0.229. The molecular weight excluding hydrogens is 344 g/mol. The van der Waals surface area contributed by atoms with Crippen LogP contribution in [0.3, 0.4) is 0 Å². The van der Waals surface area contributed by atoms with Gasteiger partial charge in [-0.05, 0) is 48.5 Å². The van der Waals surface area contributed by atoms with E-state index in [-0.39, 0.29) is 34.7 Å². The highest BCUT2D eigenvalue weighted by Crippen LogP contribution is 2.71. The van der Waals surface area contributed by atoms with Gasteiger partial charge in [-0.1, -0.05) is 27.4 Å². The van der Waals surface area contributed by atoms with Crippen LogP contribution in [0.25, 0.3) is 0 Å². The summed E-state index contributed by atoms with van der Waals surface area (Å²) in [5.74, 6) is -0.619. The molecule has 148 valence electrons. The SMILES string of the molecule is C=C1C(=O)C23[C@H](O)C[C@@H]4C(C)(C)C(=O)CC[C@@]4(C)[C@@H]2CCC1[C@@H]3OC(C)=O. The normalized spacial score (nSPS) is 48.0. The van der Waals surface area contributed by atoms with E-state index in [9.17, 15) is 19.5 Å². The van der Waals surface area contributed by atoms with Crippen molar-refractivity contribution in [2.45, 2.75) is 72.0 Å². The highest BCUT2D eigenvalue weighted by atomic mass is 16.5. The number of ketones is 2. The van der Waals surface area contributed by atoms with Crippen LogP contribution in [-0.2, 0) is 19.1 Å². The molecule has 0 aromatic rings. The fourth-order valence-corrected chi connectivity index (χ4v) is 7.46. The van der Waals surface area contributed by atoms with Crippen LogP contribution in [0.2, 0.25) is 0 Å². The molecule has 1 spiro atoms. The van der Waals surface area contributed by atoms with Gasteiger partial charge in [-0.25, -0.2) is 0 Å². The Morgan fingerprint density at radius 1 is 1.19 bits per heavy atom. The first-order valence-electron chi connectivity index (χ1n) is 10.1. The summed E-state index contributed by atoms with van der Waals surface area (Å²) in [7, 11) is 0. The van der Waals surface area contributed by atoms with Gasteiger partial charge in [0.15, 0.2) is 5.78 Å². The van der Waals surface area contributed by atoms with Crippen LogP contribution in [0.4, 0.5) is 0 Å². The maximum atomic E-state index is 13.5. The van der Waals surface area contributed by atoms with E-state index in [0.717, 1.165) is 19.3 Å². The zero-order valence-corrected chi connectivity index (χ0v) is 16.7. The third-order valence-corrected chi connectivity index (χ3v) is 8.69. The van der Waals surface area contributed by atoms with Crippen molar-refractivity contribution < 1.29 is 24.2 Å². The number of carbonyl (C=O) groups excluding carboxylic acids is 3. The number of hydrogen-bond donors (Lipinski definition) is 1. The number of ether oxygens (including phenoxy) is 1. The molecule has 5 nitrogen and oxygen atoms in total. The van der Waals surface area contributed by atoms with E-state index in [4.69, 9.17) is 4.74 Å². The zero-order valence-electron chi connectivity index (χ0n) is 16.7. The highest BCUT2D eigenvalue weighted by molar-refractivity contribution is 6.05. The Morgan fingerprint density at radius 3 is 2.48 bits per heavy atom. The van der Waals surface area contributed by atoms with Crippen LogP contribution in [0.15, 0.2) is 12.2 Å². The third-order valence-electron chi connectivity index (χ3n) is 8.69. The molecule has 0 radical (unpaired) electrons. The largest absolute Gasteiger partial charge is 0.461 e. The van der Waals surface area contributed by atoms with E-state index in [2.05, 4.69) is 13.5 Å². The van der Waals surface area contributed by atoms with Gasteiger partial charge in [0.05, 0.1) is 11.5 Å². The molecule has 4 aliphatic rings. The first-order chi connectivity index (χ1) is 12.5. The van der Waals surface area contributed by atoms with Gasteiger partial charge in [0.25, 0.3) is 0 Å². The molecule has 0 saturated heterocycles. The zero-order chi connectivity index (χ0) is 19.9. The fourth-order valence-electron chi connectivity index (χ4n) is 7.46. The number of hydrogen-bond acceptors (Lipinski definition) is 5. The average molecular weight is 374 g/mol. The quantitative estimate of drug-likeness (QED) is 0.564. The Labute approximate surface area is 160 Å². The summed E-state index contributed by atoms with van der Waals surface area (Å²) < 4.78 is 5.70. The molecule has 4 saturated carbocycles. The average Bonchev–Trinajstić information content (AvgIpc) is 2.70. The minimum Gasteiger partial charge on any atom is -0.461 e. The monoisotopic (exact) mass is 374 g/mol. The number of fused-ring (bicyclic) bond motifs is 3. The number of carbonyl (C=O) groups is 3. The molecule has 4 aliphatic carbocycles. The first-order valence-corrected chi connectivity index (χ1v) is 10.1. The molecule has 2 unspecified atom stereocenters. The molecule has 0 amide bonds. The van der Waals surface area contributed by atoms with Gasteiger partial charge >= 0.3 is 5.97 Å². The van der Waals surface area contributed by atoms with E-state index in [1.165, 1.54) is 6.92 Å². The Hall–Kier alpha value is -1.49. The minimum absolute atomic E-state index is 0.00747. The summed E-state index contributed by atoms with van der Waals surface area (Å²) in [4.78, 5) is 37.9. The van der Waals surface area contributed by atoms with Crippen molar-refractivity contribution in [2.75, 3.05) is 0 Å². The third kappa shape index (κ3) is 2.07. The maximum absolute atomic E-state index is 13.5. The Morgan fingerprint density at radius 2 is 1.85 bits per heavy atom. The van der Waals surface area contributed by atoms with Crippen LogP contribution >= 0.6 is 0 Å². The number of rotatable bonds is 1. The Bertz CT molecular complexity index is 752. The van der Waals surface area contributed by atoms with Crippen molar-refractivity contribution in [3.63, 3.8) is 0 Å². The van der Waals surface area contributed by atoms with Crippen molar-refractivity contribution in [3.8, 4) is 0 Å². The maximum Gasteiger partial charge on any atom is 0.302 e. The summed E-state index contributed by atoms with van der Waals surface area (Å²) in [5, 5.41) is 11.4. The Kier molecular flexibility index (Phi) is 3.86. The lowest BCUT2D eigenvalue weighted by atomic mass is 9.39. The van der Waals surface area contributed by atoms with Gasteiger partial charge < -0.3 is 9.84 Å². The molecule has 0 aromatic heterocycles. The van der Waals surface area contributed by atoms with Crippen molar-refractivity contribution in [1.29, 1.82) is 0 Å². The summed E-state index contributed by atoms with van der Waals surface area (Å²) in [6, 6.07) is 0. The molecule has 7 atom stereocenters. The summed E-state index contributed by atoms with van der Waals surface area (Å²) in [5.41, 5.74) is -1.38. The number of esters is 1. The minimum atomic E-state index is -1.10. The second kappa shape index (κ2) is 5.53. The van der Waals surface area contributed by atoms with Gasteiger partial charge in [-0.2, -0.15) is 0 Å². The number of Topliss-reactive ketones (excluding diaryl/α,β-unsaturated/α-hetero) is 2. The van der Waals surface area contributed by atoms with E-state index in [1.54, 1.807) is 0 Å². The number of aliphatic hydroxyl groups is 1. The van der Waals surface area contributed by atoms with E-state index in [0.29, 0.717) is 18.4 Å². The standard InChI is InChI=1S/C22H30O5/c1-11-13-6-7-14-21(5)9-8-16(24)20(3,4)15(21)10-17(25)22(14,18(11)26)19(13)27-12(2)23/h13-15,17,19,25H,1,6-10H2,2-5H3/t13?,14-,15+,17+,19-,21-,22?/m0/s1. The van der Waals surface area contributed by atoms with Crippen LogP contribution in [0.1, 0.15) is 59.8 Å². The van der Waals surface area contributed by atoms with Crippen molar-refractivity contribution in [2.24, 2.45) is 34.0 Å². The van der Waals surface area contributed by atoms with Gasteiger partial charge in [-0.15, -0.1) is 0 Å². The first kappa shape index (κ1) is 18.9. The second-order valence-electron chi connectivity index (χ2n) is 10.0. The van der Waals surface area contributed by atoms with Crippen molar-refractivity contribution in [1.82, 2.24) is 0 Å². The molecular formula is C22H30O5. The topological polar surface area (TPSA) is 80.7 Å². The molecule has 2 bridgehead atoms. The van der Waals surface area contributed by atoms with Crippen LogP contribution in [0, 0.1) is 34.0 Å². The molecule has 0 heterocycles. The van der Waals surface area contributed by atoms with Crippen LogP contribution < -0.4 is 0 Å². The van der Waals surface area contributed by atoms with Gasteiger partial charge in [-0.3, -0.25) is 14.4 Å². The predicted octanol–water partition coefficient (Wildman–Crippen LogP) is 2.85. The van der Waals surface area contributed by atoms with Crippen LogP contribution in [-0.4, -0.2) is 34.9 Å². The van der Waals surface area contributed by atoms with E-state index in [1.807, 2.05) is 13.8 Å². The molecule has 4 rings (SSSR count). The fraction of sp³-hybridized carbons (Fsp3) is 0.773. The van der Waals surface area contributed by atoms with E-state index >= 15 is 0 Å². The number of aliphatic hydroxyl groups excluding tert-OH is 1. The molecule has 5 heteroatoms. The van der Waals surface area contributed by atoms with Crippen LogP contribution in [0.5, 0.6) is 0 Å². The highest BCUT2D eigenvalue weighted by Gasteiger charge is 2.75. The van der Waals surface area contributed by atoms with Gasteiger partial charge in [0, 0.05) is 24.7 Å². The predicted molar refractivity (Wildman–Crippen MR) is 98.6 cm³/mol. The molecule has 0 aromatic carbocycles. The molecule has 27 heavy (non-hydrogen) atoms. The van der Waals surface area contributed by atoms with E-state index < -0.39 is 29.0 Å². The molecule has 1 N–H and O–H groups in total. The van der Waals surface area contributed by atoms with Gasteiger partial charge in [0.1, 0.15) is 11.9 Å².